The van der Waals surface area contributed by atoms with E-state index in [0.717, 1.165) is 5.56 Å². The molecule has 0 bridgehead atoms. The van der Waals surface area contributed by atoms with E-state index < -0.39 is 11.9 Å². The quantitative estimate of drug-likeness (QED) is 0.427. The molecule has 3 aromatic rings. The van der Waals surface area contributed by atoms with Crippen LogP contribution < -0.4 is 9.47 Å². The van der Waals surface area contributed by atoms with Crippen LogP contribution in [0.3, 0.4) is 0 Å². The van der Waals surface area contributed by atoms with Gasteiger partial charge in [0.15, 0.2) is 0 Å². The molecule has 0 aliphatic carbocycles. The van der Waals surface area contributed by atoms with Crippen molar-refractivity contribution in [2.24, 2.45) is 0 Å². The lowest BCUT2D eigenvalue weighted by Crippen LogP contribution is -2.06. The van der Waals surface area contributed by atoms with E-state index in [4.69, 9.17) is 14.2 Å². The van der Waals surface area contributed by atoms with Gasteiger partial charge < -0.3 is 14.2 Å². The molecule has 0 N–H and O–H groups in total. The molecular weight excluding hydrogens is 412 g/mol. The summed E-state index contributed by atoms with van der Waals surface area (Å²) in [5, 5.41) is 1.36. The van der Waals surface area contributed by atoms with Crippen LogP contribution in [0.15, 0.2) is 59.1 Å². The van der Waals surface area contributed by atoms with Crippen molar-refractivity contribution in [1.82, 2.24) is 0 Å². The van der Waals surface area contributed by atoms with Gasteiger partial charge in [0.25, 0.3) is 0 Å². The van der Waals surface area contributed by atoms with Gasteiger partial charge >= 0.3 is 11.9 Å². The van der Waals surface area contributed by atoms with E-state index in [0.29, 0.717) is 27.6 Å². The average molecular weight is 429 g/mol. The Morgan fingerprint density at radius 3 is 2.37 bits per heavy atom. The lowest BCUT2D eigenvalue weighted by atomic mass is 10.1. The molecule has 0 heterocycles. The van der Waals surface area contributed by atoms with Gasteiger partial charge in [-0.1, -0.05) is 30.3 Å². The largest absolute Gasteiger partial charge is 0.488 e. The SMILES string of the molecule is COC(=O)c1cc(OC(C)=O)c2ccc(OCc3ccccc3)c(Br)c2c1. The fraction of sp³-hybridized carbons (Fsp3) is 0.143. The van der Waals surface area contributed by atoms with Gasteiger partial charge in [-0.05, 0) is 45.8 Å². The second-order valence-corrected chi connectivity index (χ2v) is 6.60. The molecule has 0 fully saturated rings. The maximum absolute atomic E-state index is 12.0. The molecule has 0 unspecified atom stereocenters. The monoisotopic (exact) mass is 428 g/mol. The van der Waals surface area contributed by atoms with Crippen molar-refractivity contribution in [1.29, 1.82) is 0 Å². The van der Waals surface area contributed by atoms with Crippen molar-refractivity contribution in [3.05, 3.63) is 70.2 Å². The first-order valence-electron chi connectivity index (χ1n) is 8.19. The lowest BCUT2D eigenvalue weighted by Gasteiger charge is -2.14. The first-order chi connectivity index (χ1) is 13.0. The number of hydrogen-bond acceptors (Lipinski definition) is 5. The molecule has 27 heavy (non-hydrogen) atoms. The van der Waals surface area contributed by atoms with Crippen LogP contribution in [-0.4, -0.2) is 19.0 Å². The number of carbonyl (C=O) groups is 2. The number of esters is 2. The highest BCUT2D eigenvalue weighted by atomic mass is 79.9. The van der Waals surface area contributed by atoms with E-state index >= 15 is 0 Å². The van der Waals surface area contributed by atoms with Crippen LogP contribution in [0.5, 0.6) is 11.5 Å². The van der Waals surface area contributed by atoms with Gasteiger partial charge in [-0.3, -0.25) is 4.79 Å². The topological polar surface area (TPSA) is 61.8 Å². The molecule has 0 saturated heterocycles. The van der Waals surface area contributed by atoms with Crippen LogP contribution in [0.25, 0.3) is 10.8 Å². The minimum atomic E-state index is -0.521. The van der Waals surface area contributed by atoms with E-state index in [-0.39, 0.29) is 11.3 Å². The summed E-state index contributed by atoms with van der Waals surface area (Å²) in [4.78, 5) is 23.4. The molecular formula is C21H17BrO5. The van der Waals surface area contributed by atoms with Gasteiger partial charge in [0.1, 0.15) is 18.1 Å². The molecule has 3 rings (SSSR count). The highest BCUT2D eigenvalue weighted by molar-refractivity contribution is 9.10. The summed E-state index contributed by atoms with van der Waals surface area (Å²) in [6, 6.07) is 16.5. The van der Waals surface area contributed by atoms with Crippen molar-refractivity contribution in [3.8, 4) is 11.5 Å². The standard InChI is InChI=1S/C21H17BrO5/c1-13(23)27-19-11-15(21(24)25-2)10-17-16(19)8-9-18(20(17)22)26-12-14-6-4-3-5-7-14/h3-11H,12H2,1-2H3. The van der Waals surface area contributed by atoms with E-state index in [2.05, 4.69) is 15.9 Å². The summed E-state index contributed by atoms with van der Waals surface area (Å²) in [6.45, 7) is 1.71. The average Bonchev–Trinajstić information content (AvgIpc) is 2.67. The second kappa shape index (κ2) is 8.22. The van der Waals surface area contributed by atoms with E-state index in [9.17, 15) is 9.59 Å². The third kappa shape index (κ3) is 4.28. The molecule has 0 aliphatic rings. The molecule has 5 nitrogen and oxygen atoms in total. The predicted octanol–water partition coefficient (Wildman–Crippen LogP) is 4.89. The summed E-state index contributed by atoms with van der Waals surface area (Å²) >= 11 is 3.54. The number of hydrogen-bond donors (Lipinski definition) is 0. The summed E-state index contributed by atoms with van der Waals surface area (Å²) < 4.78 is 16.6. The fourth-order valence-corrected chi connectivity index (χ4v) is 3.24. The summed E-state index contributed by atoms with van der Waals surface area (Å²) in [5.41, 5.74) is 1.32. The molecule has 0 aliphatic heterocycles. The third-order valence-corrected chi connectivity index (χ3v) is 4.73. The van der Waals surface area contributed by atoms with Gasteiger partial charge in [-0.25, -0.2) is 4.79 Å². The Kier molecular flexibility index (Phi) is 5.76. The third-order valence-electron chi connectivity index (χ3n) is 3.91. The number of ether oxygens (including phenoxy) is 3. The van der Waals surface area contributed by atoms with Crippen LogP contribution >= 0.6 is 15.9 Å². The van der Waals surface area contributed by atoms with Crippen molar-refractivity contribution < 1.29 is 23.8 Å². The van der Waals surface area contributed by atoms with Crippen molar-refractivity contribution >= 4 is 38.6 Å². The highest BCUT2D eigenvalue weighted by Gasteiger charge is 2.16. The van der Waals surface area contributed by atoms with Crippen LogP contribution in [0.4, 0.5) is 0 Å². The molecule has 138 valence electrons. The zero-order valence-corrected chi connectivity index (χ0v) is 16.4. The van der Waals surface area contributed by atoms with Gasteiger partial charge in [-0.2, -0.15) is 0 Å². The van der Waals surface area contributed by atoms with Gasteiger partial charge in [-0.15, -0.1) is 0 Å². The fourth-order valence-electron chi connectivity index (χ4n) is 2.67. The Balaban J connectivity index is 2.04. The van der Waals surface area contributed by atoms with Crippen LogP contribution in [0, 0.1) is 0 Å². The number of rotatable bonds is 5. The summed E-state index contributed by atoms with van der Waals surface area (Å²) in [5.74, 6) is -0.0931. The number of halogens is 1. The van der Waals surface area contributed by atoms with Crippen molar-refractivity contribution in [2.45, 2.75) is 13.5 Å². The first-order valence-corrected chi connectivity index (χ1v) is 8.98. The molecule has 0 radical (unpaired) electrons. The number of benzene rings is 3. The maximum atomic E-state index is 12.0. The zero-order chi connectivity index (χ0) is 19.4. The number of methoxy groups -OCH3 is 1. The normalized spacial score (nSPS) is 10.5. The van der Waals surface area contributed by atoms with Crippen LogP contribution in [-0.2, 0) is 16.1 Å². The Bertz CT molecular complexity index is 998. The van der Waals surface area contributed by atoms with E-state index in [1.807, 2.05) is 30.3 Å². The minimum Gasteiger partial charge on any atom is -0.488 e. The Labute approximate surface area is 165 Å². The molecule has 0 spiro atoms. The Morgan fingerprint density at radius 2 is 1.70 bits per heavy atom. The van der Waals surface area contributed by atoms with E-state index in [1.165, 1.54) is 20.1 Å². The number of fused-ring (bicyclic) bond motifs is 1. The zero-order valence-electron chi connectivity index (χ0n) is 14.8. The molecule has 3 aromatic carbocycles. The summed E-state index contributed by atoms with van der Waals surface area (Å²) in [6.07, 6.45) is 0. The first kappa shape index (κ1) is 18.9. The number of carbonyl (C=O) groups excluding carboxylic acids is 2. The maximum Gasteiger partial charge on any atom is 0.338 e. The minimum absolute atomic E-state index is 0.280. The summed E-state index contributed by atoms with van der Waals surface area (Å²) in [7, 11) is 1.30. The molecule has 0 amide bonds. The predicted molar refractivity (Wildman–Crippen MR) is 105 cm³/mol. The molecule has 6 heteroatoms. The van der Waals surface area contributed by atoms with Crippen molar-refractivity contribution in [3.63, 3.8) is 0 Å². The molecule has 0 aromatic heterocycles. The van der Waals surface area contributed by atoms with E-state index in [1.54, 1.807) is 18.2 Å². The van der Waals surface area contributed by atoms with Crippen molar-refractivity contribution in [2.75, 3.05) is 7.11 Å². The highest BCUT2D eigenvalue weighted by Crippen LogP contribution is 2.38. The van der Waals surface area contributed by atoms with Crippen LogP contribution in [0.1, 0.15) is 22.8 Å². The second-order valence-electron chi connectivity index (χ2n) is 5.81. The molecule has 0 atom stereocenters. The van der Waals surface area contributed by atoms with Gasteiger partial charge in [0, 0.05) is 17.7 Å². The Hall–Kier alpha value is -2.86. The van der Waals surface area contributed by atoms with Gasteiger partial charge in [0.2, 0.25) is 0 Å². The lowest BCUT2D eigenvalue weighted by molar-refractivity contribution is -0.131. The molecule has 0 saturated carbocycles. The van der Waals surface area contributed by atoms with Crippen LogP contribution in [0.2, 0.25) is 0 Å². The van der Waals surface area contributed by atoms with Gasteiger partial charge in [0.05, 0.1) is 17.1 Å². The smallest absolute Gasteiger partial charge is 0.338 e. The Morgan fingerprint density at radius 1 is 0.963 bits per heavy atom.